The predicted octanol–water partition coefficient (Wildman–Crippen LogP) is 1.46. The molecule has 0 atom stereocenters. The Morgan fingerprint density at radius 1 is 1.47 bits per heavy atom. The third-order valence-electron chi connectivity index (χ3n) is 3.30. The van der Waals surface area contributed by atoms with E-state index in [9.17, 15) is 9.59 Å². The zero-order valence-electron chi connectivity index (χ0n) is 10.2. The lowest BCUT2D eigenvalue weighted by Gasteiger charge is -2.36. The Hall–Kier alpha value is -1.52. The van der Waals surface area contributed by atoms with Crippen LogP contribution in [0.3, 0.4) is 0 Å². The number of carboxylic acids is 1. The van der Waals surface area contributed by atoms with E-state index < -0.39 is 11.4 Å². The van der Waals surface area contributed by atoms with E-state index >= 15 is 0 Å². The molecule has 96 valence electrons. The van der Waals surface area contributed by atoms with Gasteiger partial charge in [-0.3, -0.25) is 4.79 Å². The highest BCUT2D eigenvalue weighted by molar-refractivity contribution is 5.76. The van der Waals surface area contributed by atoms with Crippen LogP contribution in [0.15, 0.2) is 12.7 Å². The minimum atomic E-state index is -0.774. The highest BCUT2D eigenvalue weighted by Crippen LogP contribution is 2.30. The van der Waals surface area contributed by atoms with Crippen LogP contribution in [0.4, 0.5) is 4.79 Å². The maximum atomic E-state index is 11.7. The number of carbonyl (C=O) groups is 2. The highest BCUT2D eigenvalue weighted by atomic mass is 16.4. The van der Waals surface area contributed by atoms with Crippen molar-refractivity contribution in [3.05, 3.63) is 12.7 Å². The van der Waals surface area contributed by atoms with E-state index in [4.69, 9.17) is 5.11 Å². The second-order valence-corrected chi connectivity index (χ2v) is 4.66. The van der Waals surface area contributed by atoms with Gasteiger partial charge in [-0.15, -0.1) is 6.58 Å². The van der Waals surface area contributed by atoms with Crippen molar-refractivity contribution >= 4 is 12.0 Å². The molecule has 1 rings (SSSR count). The summed E-state index contributed by atoms with van der Waals surface area (Å²) < 4.78 is 0. The van der Waals surface area contributed by atoms with Gasteiger partial charge in [0.25, 0.3) is 0 Å². The fraction of sp³-hybridized carbons (Fsp3) is 0.667. The van der Waals surface area contributed by atoms with Gasteiger partial charge in [-0.25, -0.2) is 4.79 Å². The molecule has 0 aromatic carbocycles. The summed E-state index contributed by atoms with van der Waals surface area (Å²) in [5.41, 5.74) is -0.683. The third kappa shape index (κ3) is 3.47. The van der Waals surface area contributed by atoms with Crippen LogP contribution < -0.4 is 5.32 Å². The fourth-order valence-electron chi connectivity index (χ4n) is 1.81. The summed E-state index contributed by atoms with van der Waals surface area (Å²) in [6.45, 7) is 6.90. The van der Waals surface area contributed by atoms with Gasteiger partial charge in [-0.1, -0.05) is 6.08 Å². The Balaban J connectivity index is 2.38. The molecule has 17 heavy (non-hydrogen) atoms. The van der Waals surface area contributed by atoms with Crippen LogP contribution in [-0.4, -0.2) is 41.6 Å². The number of piperidine rings is 1. The van der Waals surface area contributed by atoms with Crippen LogP contribution in [0.1, 0.15) is 26.2 Å². The van der Waals surface area contributed by atoms with Gasteiger partial charge >= 0.3 is 12.0 Å². The lowest BCUT2D eigenvalue weighted by Crippen LogP contribution is -2.48. The van der Waals surface area contributed by atoms with Crippen molar-refractivity contribution in [1.29, 1.82) is 0 Å². The Morgan fingerprint density at radius 3 is 2.53 bits per heavy atom. The number of aliphatic carboxylic acids is 1. The molecule has 1 saturated heterocycles. The van der Waals surface area contributed by atoms with Gasteiger partial charge in [0.2, 0.25) is 0 Å². The summed E-state index contributed by atoms with van der Waals surface area (Å²) in [6, 6.07) is -0.112. The van der Waals surface area contributed by atoms with E-state index in [-0.39, 0.29) is 6.03 Å². The predicted molar refractivity (Wildman–Crippen MR) is 64.8 cm³/mol. The molecule has 0 spiro atoms. The van der Waals surface area contributed by atoms with Crippen LogP contribution >= 0.6 is 0 Å². The van der Waals surface area contributed by atoms with Gasteiger partial charge in [-0.05, 0) is 26.2 Å². The molecule has 0 unspecified atom stereocenters. The van der Waals surface area contributed by atoms with E-state index in [0.717, 1.165) is 6.42 Å². The van der Waals surface area contributed by atoms with Crippen LogP contribution in [0, 0.1) is 5.41 Å². The zero-order valence-corrected chi connectivity index (χ0v) is 10.2. The summed E-state index contributed by atoms with van der Waals surface area (Å²) in [6.07, 6.45) is 3.51. The largest absolute Gasteiger partial charge is 0.481 e. The zero-order chi connectivity index (χ0) is 12.9. The highest BCUT2D eigenvalue weighted by Gasteiger charge is 2.37. The first-order valence-corrected chi connectivity index (χ1v) is 5.87. The van der Waals surface area contributed by atoms with Crippen molar-refractivity contribution in [2.45, 2.75) is 26.2 Å². The Bertz CT molecular complexity index is 307. The monoisotopic (exact) mass is 240 g/mol. The first-order chi connectivity index (χ1) is 7.99. The summed E-state index contributed by atoms with van der Waals surface area (Å²) in [5.74, 6) is -0.774. The van der Waals surface area contributed by atoms with Gasteiger partial charge in [-0.2, -0.15) is 0 Å². The molecule has 0 radical (unpaired) electrons. The Morgan fingerprint density at radius 2 is 2.06 bits per heavy atom. The van der Waals surface area contributed by atoms with Gasteiger partial charge in [0.1, 0.15) is 0 Å². The van der Waals surface area contributed by atoms with E-state index in [1.165, 1.54) is 0 Å². The van der Waals surface area contributed by atoms with Crippen LogP contribution in [0.25, 0.3) is 0 Å². The van der Waals surface area contributed by atoms with E-state index in [1.54, 1.807) is 17.9 Å². The van der Waals surface area contributed by atoms with Crippen molar-refractivity contribution < 1.29 is 14.7 Å². The number of likely N-dealkylation sites (tertiary alicyclic amines) is 1. The molecular formula is C12H20N2O3. The SMILES string of the molecule is C=CCCNC(=O)N1CCC(C)(C(=O)O)CC1. The van der Waals surface area contributed by atoms with Gasteiger partial charge in [0, 0.05) is 19.6 Å². The third-order valence-corrected chi connectivity index (χ3v) is 3.30. The second-order valence-electron chi connectivity index (χ2n) is 4.66. The summed E-state index contributed by atoms with van der Waals surface area (Å²) in [7, 11) is 0. The number of urea groups is 1. The van der Waals surface area contributed by atoms with Crippen molar-refractivity contribution in [3.8, 4) is 0 Å². The molecule has 0 aliphatic carbocycles. The molecule has 1 fully saturated rings. The molecule has 0 saturated carbocycles. The van der Waals surface area contributed by atoms with Crippen LogP contribution in [0.2, 0.25) is 0 Å². The number of nitrogens with one attached hydrogen (secondary N) is 1. The van der Waals surface area contributed by atoms with Crippen molar-refractivity contribution in [2.75, 3.05) is 19.6 Å². The smallest absolute Gasteiger partial charge is 0.317 e. The van der Waals surface area contributed by atoms with Gasteiger partial charge < -0.3 is 15.3 Å². The molecule has 0 aromatic heterocycles. The number of carboxylic acid groups (broad SMARTS) is 1. The molecule has 1 aliphatic heterocycles. The van der Waals surface area contributed by atoms with Gasteiger partial charge in [0.05, 0.1) is 5.41 Å². The lowest BCUT2D eigenvalue weighted by molar-refractivity contribution is -0.150. The first kappa shape index (κ1) is 13.5. The average Bonchev–Trinajstić information content (AvgIpc) is 2.30. The van der Waals surface area contributed by atoms with Crippen LogP contribution in [0.5, 0.6) is 0 Å². The second kappa shape index (κ2) is 5.70. The molecule has 1 aliphatic rings. The standard InChI is InChI=1S/C12H20N2O3/c1-3-4-7-13-11(17)14-8-5-12(2,6-9-14)10(15)16/h3H,1,4-9H2,2H3,(H,13,17)(H,15,16). The van der Waals surface area contributed by atoms with E-state index in [0.29, 0.717) is 32.5 Å². The number of hydrogen-bond acceptors (Lipinski definition) is 2. The van der Waals surface area contributed by atoms with Gasteiger partial charge in [0.15, 0.2) is 0 Å². The van der Waals surface area contributed by atoms with E-state index in [1.807, 2.05) is 0 Å². The van der Waals surface area contributed by atoms with Crippen molar-refractivity contribution in [3.63, 3.8) is 0 Å². The molecule has 2 N–H and O–H groups in total. The number of hydrogen-bond donors (Lipinski definition) is 2. The number of nitrogens with zero attached hydrogens (tertiary/aromatic N) is 1. The molecule has 2 amide bonds. The summed E-state index contributed by atoms with van der Waals surface area (Å²) in [4.78, 5) is 24.4. The minimum absolute atomic E-state index is 0.112. The molecule has 0 aromatic rings. The summed E-state index contributed by atoms with van der Waals surface area (Å²) in [5, 5.41) is 11.8. The van der Waals surface area contributed by atoms with E-state index in [2.05, 4.69) is 11.9 Å². The minimum Gasteiger partial charge on any atom is -0.481 e. The summed E-state index contributed by atoms with van der Waals surface area (Å²) >= 11 is 0. The molecule has 0 bridgehead atoms. The number of carbonyl (C=O) groups excluding carboxylic acids is 1. The van der Waals surface area contributed by atoms with Crippen molar-refractivity contribution in [1.82, 2.24) is 10.2 Å². The number of amides is 2. The molecule has 5 heteroatoms. The number of rotatable bonds is 4. The Kier molecular flexibility index (Phi) is 4.54. The first-order valence-electron chi connectivity index (χ1n) is 5.87. The normalized spacial score (nSPS) is 18.5. The molecule has 5 nitrogen and oxygen atoms in total. The van der Waals surface area contributed by atoms with Crippen LogP contribution in [-0.2, 0) is 4.79 Å². The maximum Gasteiger partial charge on any atom is 0.317 e. The topological polar surface area (TPSA) is 69.6 Å². The molecular weight excluding hydrogens is 220 g/mol. The quantitative estimate of drug-likeness (QED) is 0.577. The van der Waals surface area contributed by atoms with Crippen molar-refractivity contribution in [2.24, 2.45) is 5.41 Å². The fourth-order valence-corrected chi connectivity index (χ4v) is 1.81. The molecule has 1 heterocycles. The maximum absolute atomic E-state index is 11.7. The average molecular weight is 240 g/mol. The Labute approximate surface area is 101 Å². The lowest BCUT2D eigenvalue weighted by atomic mass is 9.80.